The molecule has 3 rings (SSSR count). The monoisotopic (exact) mass is 439 g/mol. The molecule has 0 saturated carbocycles. The number of anilines is 3. The number of benzene rings is 3. The second-order valence-electron chi connectivity index (χ2n) is 7.00. The zero-order valence-corrected chi connectivity index (χ0v) is 18.4. The standard InChI is InChI=1S/C23H25N3O4S/c1-4-30-19-10-8-18(9-11-19)24-23(27)25-21-14-7-17(3)15-22(21)26-31(28,29)20-12-5-16(2)6-13-20/h5-15,26H,4H2,1-3H3,(H2,24,25,27). The zero-order chi connectivity index (χ0) is 22.4. The summed E-state index contributed by atoms with van der Waals surface area (Å²) < 4.78 is 33.5. The Bertz CT molecular complexity index is 1160. The molecule has 8 heteroatoms. The molecule has 162 valence electrons. The number of hydrogen-bond donors (Lipinski definition) is 3. The third-order valence-electron chi connectivity index (χ3n) is 4.42. The van der Waals surface area contributed by atoms with Gasteiger partial charge in [0, 0.05) is 5.69 Å². The Balaban J connectivity index is 1.76. The molecule has 3 N–H and O–H groups in total. The summed E-state index contributed by atoms with van der Waals surface area (Å²) in [7, 11) is -3.81. The summed E-state index contributed by atoms with van der Waals surface area (Å²) in [6.45, 7) is 6.18. The summed E-state index contributed by atoms with van der Waals surface area (Å²) >= 11 is 0. The smallest absolute Gasteiger partial charge is 0.323 e. The molecule has 2 amide bonds. The van der Waals surface area contributed by atoms with E-state index >= 15 is 0 Å². The van der Waals surface area contributed by atoms with Crippen molar-refractivity contribution in [2.24, 2.45) is 0 Å². The molecule has 0 radical (unpaired) electrons. The largest absolute Gasteiger partial charge is 0.494 e. The minimum Gasteiger partial charge on any atom is -0.494 e. The highest BCUT2D eigenvalue weighted by Crippen LogP contribution is 2.26. The number of aryl methyl sites for hydroxylation is 2. The van der Waals surface area contributed by atoms with E-state index in [-0.39, 0.29) is 10.6 Å². The Hall–Kier alpha value is -3.52. The second kappa shape index (κ2) is 9.53. The van der Waals surface area contributed by atoms with Crippen LogP contribution in [0.15, 0.2) is 71.6 Å². The SMILES string of the molecule is CCOc1ccc(NC(=O)Nc2ccc(C)cc2NS(=O)(=O)c2ccc(C)cc2)cc1. The molecular formula is C23H25N3O4S. The van der Waals surface area contributed by atoms with Crippen LogP contribution in [0.4, 0.5) is 21.9 Å². The van der Waals surface area contributed by atoms with Gasteiger partial charge < -0.3 is 15.4 Å². The van der Waals surface area contributed by atoms with Gasteiger partial charge >= 0.3 is 6.03 Å². The van der Waals surface area contributed by atoms with Gasteiger partial charge in [0.25, 0.3) is 10.0 Å². The van der Waals surface area contributed by atoms with Gasteiger partial charge in [-0.25, -0.2) is 13.2 Å². The van der Waals surface area contributed by atoms with Crippen molar-refractivity contribution in [2.75, 3.05) is 22.0 Å². The number of ether oxygens (including phenoxy) is 1. The van der Waals surface area contributed by atoms with Crippen LogP contribution in [-0.4, -0.2) is 21.1 Å². The molecule has 0 aliphatic rings. The van der Waals surface area contributed by atoms with Crippen molar-refractivity contribution in [1.29, 1.82) is 0 Å². The lowest BCUT2D eigenvalue weighted by atomic mass is 10.2. The Labute approximate surface area is 182 Å². The Morgan fingerprint density at radius 3 is 2.13 bits per heavy atom. The lowest BCUT2D eigenvalue weighted by Gasteiger charge is -2.15. The fraction of sp³-hybridized carbons (Fsp3) is 0.174. The van der Waals surface area contributed by atoms with Gasteiger partial charge in [-0.1, -0.05) is 23.8 Å². The average Bonchev–Trinajstić information content (AvgIpc) is 2.72. The summed E-state index contributed by atoms with van der Waals surface area (Å²) in [6.07, 6.45) is 0. The van der Waals surface area contributed by atoms with Gasteiger partial charge in [0.15, 0.2) is 0 Å². The number of hydrogen-bond acceptors (Lipinski definition) is 4. The summed E-state index contributed by atoms with van der Waals surface area (Å²) in [5.74, 6) is 0.708. The number of sulfonamides is 1. The normalized spacial score (nSPS) is 10.9. The van der Waals surface area contributed by atoms with Crippen LogP contribution in [0.2, 0.25) is 0 Å². The third-order valence-corrected chi connectivity index (χ3v) is 5.80. The predicted octanol–water partition coefficient (Wildman–Crippen LogP) is 5.15. The maximum atomic E-state index is 12.8. The number of carbonyl (C=O) groups is 1. The summed E-state index contributed by atoms with van der Waals surface area (Å²) in [5.41, 5.74) is 3.00. The maximum absolute atomic E-state index is 12.8. The first-order valence-corrected chi connectivity index (χ1v) is 11.3. The Morgan fingerprint density at radius 1 is 0.839 bits per heavy atom. The zero-order valence-electron chi connectivity index (χ0n) is 17.6. The van der Waals surface area contributed by atoms with Crippen molar-refractivity contribution in [2.45, 2.75) is 25.7 Å². The first kappa shape index (κ1) is 22.2. The van der Waals surface area contributed by atoms with Crippen LogP contribution in [0.5, 0.6) is 5.75 Å². The van der Waals surface area contributed by atoms with E-state index in [4.69, 9.17) is 4.74 Å². The fourth-order valence-electron chi connectivity index (χ4n) is 2.86. The molecule has 0 saturated heterocycles. The highest BCUT2D eigenvalue weighted by Gasteiger charge is 2.17. The van der Waals surface area contributed by atoms with E-state index in [1.54, 1.807) is 66.7 Å². The van der Waals surface area contributed by atoms with Gasteiger partial charge in [-0.05, 0) is 74.9 Å². The summed E-state index contributed by atoms with van der Waals surface area (Å²) in [5, 5.41) is 5.42. The molecule has 0 aliphatic carbocycles. The summed E-state index contributed by atoms with van der Waals surface area (Å²) in [6, 6.07) is 18.1. The minimum absolute atomic E-state index is 0.143. The van der Waals surface area contributed by atoms with Crippen LogP contribution in [0.3, 0.4) is 0 Å². The molecule has 3 aromatic rings. The van der Waals surface area contributed by atoms with Gasteiger partial charge in [0.2, 0.25) is 0 Å². The van der Waals surface area contributed by atoms with E-state index in [0.29, 0.717) is 23.7 Å². The maximum Gasteiger partial charge on any atom is 0.323 e. The van der Waals surface area contributed by atoms with Crippen LogP contribution in [-0.2, 0) is 10.0 Å². The highest BCUT2D eigenvalue weighted by molar-refractivity contribution is 7.92. The molecule has 0 bridgehead atoms. The van der Waals surface area contributed by atoms with E-state index in [1.807, 2.05) is 20.8 Å². The molecule has 0 unspecified atom stereocenters. The lowest BCUT2D eigenvalue weighted by molar-refractivity contribution is 0.262. The molecule has 0 aliphatic heterocycles. The molecule has 0 atom stereocenters. The molecule has 31 heavy (non-hydrogen) atoms. The molecule has 0 fully saturated rings. The number of urea groups is 1. The lowest BCUT2D eigenvalue weighted by Crippen LogP contribution is -2.21. The predicted molar refractivity (Wildman–Crippen MR) is 123 cm³/mol. The van der Waals surface area contributed by atoms with Crippen molar-refractivity contribution in [1.82, 2.24) is 0 Å². The molecular weight excluding hydrogens is 414 g/mol. The van der Waals surface area contributed by atoms with E-state index < -0.39 is 16.1 Å². The van der Waals surface area contributed by atoms with Gasteiger partial charge in [-0.3, -0.25) is 4.72 Å². The molecule has 0 aromatic heterocycles. The number of carbonyl (C=O) groups excluding carboxylic acids is 1. The molecule has 7 nitrogen and oxygen atoms in total. The molecule has 0 spiro atoms. The number of rotatable bonds is 7. The van der Waals surface area contributed by atoms with Gasteiger partial charge in [0.05, 0.1) is 22.9 Å². The van der Waals surface area contributed by atoms with Crippen LogP contribution in [0.25, 0.3) is 0 Å². The second-order valence-corrected chi connectivity index (χ2v) is 8.69. The Kier molecular flexibility index (Phi) is 6.81. The van der Waals surface area contributed by atoms with Crippen molar-refractivity contribution in [3.63, 3.8) is 0 Å². The average molecular weight is 440 g/mol. The summed E-state index contributed by atoms with van der Waals surface area (Å²) in [4.78, 5) is 12.6. The van der Waals surface area contributed by atoms with E-state index in [1.165, 1.54) is 0 Å². The number of nitrogens with one attached hydrogen (secondary N) is 3. The van der Waals surface area contributed by atoms with Crippen LogP contribution >= 0.6 is 0 Å². The van der Waals surface area contributed by atoms with Crippen LogP contribution in [0, 0.1) is 13.8 Å². The van der Waals surface area contributed by atoms with Gasteiger partial charge in [0.1, 0.15) is 5.75 Å². The first-order chi connectivity index (χ1) is 14.8. The van der Waals surface area contributed by atoms with E-state index in [2.05, 4.69) is 15.4 Å². The quantitative estimate of drug-likeness (QED) is 0.474. The topological polar surface area (TPSA) is 96.5 Å². The van der Waals surface area contributed by atoms with Crippen LogP contribution in [0.1, 0.15) is 18.1 Å². The number of amides is 2. The van der Waals surface area contributed by atoms with Gasteiger partial charge in [-0.2, -0.15) is 0 Å². The first-order valence-electron chi connectivity index (χ1n) is 9.78. The van der Waals surface area contributed by atoms with Crippen molar-refractivity contribution in [3.05, 3.63) is 77.9 Å². The van der Waals surface area contributed by atoms with Crippen molar-refractivity contribution < 1.29 is 17.9 Å². The highest BCUT2D eigenvalue weighted by atomic mass is 32.2. The molecule has 3 aromatic carbocycles. The fourth-order valence-corrected chi connectivity index (χ4v) is 3.93. The third kappa shape index (κ3) is 5.99. The molecule has 0 heterocycles. The van der Waals surface area contributed by atoms with Crippen molar-refractivity contribution >= 4 is 33.1 Å². The van der Waals surface area contributed by atoms with E-state index in [0.717, 1.165) is 11.1 Å². The Morgan fingerprint density at radius 2 is 1.48 bits per heavy atom. The minimum atomic E-state index is -3.81. The van der Waals surface area contributed by atoms with Crippen molar-refractivity contribution in [3.8, 4) is 5.75 Å². The van der Waals surface area contributed by atoms with Crippen LogP contribution < -0.4 is 20.1 Å². The van der Waals surface area contributed by atoms with E-state index in [9.17, 15) is 13.2 Å². The van der Waals surface area contributed by atoms with Gasteiger partial charge in [-0.15, -0.1) is 0 Å².